The summed E-state index contributed by atoms with van der Waals surface area (Å²) in [4.78, 5) is 13.5. The van der Waals surface area contributed by atoms with E-state index in [-0.39, 0.29) is 19.0 Å². The van der Waals surface area contributed by atoms with E-state index in [2.05, 4.69) is 0 Å². The molecule has 1 N–H and O–H groups in total. The van der Waals surface area contributed by atoms with Gasteiger partial charge in [0, 0.05) is 22.4 Å². The topological polar surface area (TPSA) is 77.5 Å². The lowest BCUT2D eigenvalue weighted by Gasteiger charge is -2.42. The van der Waals surface area contributed by atoms with Crippen molar-refractivity contribution in [3.63, 3.8) is 0 Å². The molecular weight excluding hydrogens is 613 g/mol. The van der Waals surface area contributed by atoms with Crippen LogP contribution in [0.25, 0.3) is 0 Å². The summed E-state index contributed by atoms with van der Waals surface area (Å²) in [6, 6.07) is 32.9. The van der Waals surface area contributed by atoms with Gasteiger partial charge < -0.3 is 29.0 Å². The van der Waals surface area contributed by atoms with E-state index >= 15 is 0 Å². The summed E-state index contributed by atoms with van der Waals surface area (Å²) in [6.07, 6.45) is -1.14. The van der Waals surface area contributed by atoms with Crippen LogP contribution in [0.5, 0.6) is 5.75 Å². The molecule has 1 unspecified atom stereocenters. The van der Waals surface area contributed by atoms with Gasteiger partial charge in [0.1, 0.15) is 5.75 Å². The Balaban J connectivity index is 1.26. The third-order valence-corrected chi connectivity index (χ3v) is 8.21. The van der Waals surface area contributed by atoms with Crippen molar-refractivity contribution in [3.8, 4) is 5.75 Å². The minimum atomic E-state index is -1.01. The Hall–Kier alpha value is -3.59. The summed E-state index contributed by atoms with van der Waals surface area (Å²) >= 11 is 12.1. The van der Waals surface area contributed by atoms with Crippen molar-refractivity contribution in [2.45, 2.75) is 44.4 Å². The number of amides is 1. The van der Waals surface area contributed by atoms with Crippen molar-refractivity contribution in [1.29, 1.82) is 0 Å². The molecule has 4 aromatic carbocycles. The van der Waals surface area contributed by atoms with Gasteiger partial charge in [0.15, 0.2) is 0 Å². The van der Waals surface area contributed by atoms with Crippen LogP contribution in [0.3, 0.4) is 0 Å². The Kier molecular flexibility index (Phi) is 12.1. The van der Waals surface area contributed by atoms with Crippen LogP contribution in [0.4, 0.5) is 4.79 Å². The molecule has 3 atom stereocenters. The van der Waals surface area contributed by atoms with Crippen molar-refractivity contribution in [2.75, 3.05) is 26.3 Å². The van der Waals surface area contributed by atoms with E-state index in [4.69, 9.17) is 42.1 Å². The fourth-order valence-electron chi connectivity index (χ4n) is 5.34. The number of hydrogen-bond acceptors (Lipinski definition) is 5. The summed E-state index contributed by atoms with van der Waals surface area (Å²) in [5.41, 5.74) is 4.02. The zero-order chi connectivity index (χ0) is 31.4. The minimum Gasteiger partial charge on any atom is -0.494 e. The lowest BCUT2D eigenvalue weighted by atomic mass is 9.84. The van der Waals surface area contributed by atoms with E-state index in [0.717, 1.165) is 34.4 Å². The molecule has 0 aromatic heterocycles. The first-order chi connectivity index (χ1) is 21.9. The SMILES string of the molecule is O=C(O)N1C[C@H](OCc2ccc(Cl)cc2)C(c2ccc(OCCCOCc3ccccc3)cc2)[C@H](OCc2ccc(Cl)cc2)C1. The standard InChI is InChI=1S/C36H37Cl2NO6/c37-30-13-7-27(8-14-30)24-44-33-21-39(36(40)41)22-34(45-25-28-9-15-31(38)16-10-28)35(33)29-11-17-32(18-12-29)43-20-4-19-42-23-26-5-2-1-3-6-26/h1-3,5-18,33-35H,4,19-25H2,(H,40,41)/t33-,34+,35?. The fourth-order valence-corrected chi connectivity index (χ4v) is 5.60. The molecule has 1 fully saturated rings. The van der Waals surface area contributed by atoms with Gasteiger partial charge in [-0.3, -0.25) is 0 Å². The van der Waals surface area contributed by atoms with E-state index in [1.807, 2.05) is 103 Å². The summed E-state index contributed by atoms with van der Waals surface area (Å²) in [5, 5.41) is 11.2. The van der Waals surface area contributed by atoms with Crippen molar-refractivity contribution in [1.82, 2.24) is 4.90 Å². The van der Waals surface area contributed by atoms with Gasteiger partial charge in [-0.05, 0) is 58.7 Å². The number of ether oxygens (including phenoxy) is 4. The highest BCUT2D eigenvalue weighted by molar-refractivity contribution is 6.30. The van der Waals surface area contributed by atoms with Gasteiger partial charge in [0.05, 0.1) is 58.3 Å². The van der Waals surface area contributed by atoms with Gasteiger partial charge in [-0.25, -0.2) is 4.79 Å². The Bertz CT molecular complexity index is 1410. The minimum absolute atomic E-state index is 0.218. The number of halogens is 2. The predicted octanol–water partition coefficient (Wildman–Crippen LogP) is 8.23. The second kappa shape index (κ2) is 16.6. The van der Waals surface area contributed by atoms with Gasteiger partial charge in [0.2, 0.25) is 0 Å². The Morgan fingerprint density at radius 3 is 1.76 bits per heavy atom. The van der Waals surface area contributed by atoms with Crippen molar-refractivity contribution >= 4 is 29.3 Å². The molecule has 0 spiro atoms. The quantitative estimate of drug-likeness (QED) is 0.139. The second-order valence-electron chi connectivity index (χ2n) is 11.0. The molecule has 236 valence electrons. The molecule has 4 aromatic rings. The molecule has 5 rings (SSSR count). The van der Waals surface area contributed by atoms with Gasteiger partial charge in [-0.1, -0.05) is 89.9 Å². The lowest BCUT2D eigenvalue weighted by molar-refractivity contribution is -0.0937. The first-order valence-corrected chi connectivity index (χ1v) is 15.7. The number of rotatable bonds is 14. The summed E-state index contributed by atoms with van der Waals surface area (Å²) in [5.74, 6) is 0.530. The Morgan fingerprint density at radius 1 is 0.689 bits per heavy atom. The second-order valence-corrected chi connectivity index (χ2v) is 11.8. The molecule has 7 nitrogen and oxygen atoms in total. The summed E-state index contributed by atoms with van der Waals surface area (Å²) < 4.78 is 24.6. The molecule has 0 saturated carbocycles. The maximum absolute atomic E-state index is 12.2. The van der Waals surface area contributed by atoms with Crippen molar-refractivity contribution in [2.24, 2.45) is 0 Å². The van der Waals surface area contributed by atoms with Gasteiger partial charge >= 0.3 is 6.09 Å². The largest absolute Gasteiger partial charge is 0.494 e. The highest BCUT2D eigenvalue weighted by atomic mass is 35.5. The lowest BCUT2D eigenvalue weighted by Crippen LogP contribution is -2.54. The van der Waals surface area contributed by atoms with Gasteiger partial charge in [0.25, 0.3) is 0 Å². The fraction of sp³-hybridized carbons (Fsp3) is 0.306. The van der Waals surface area contributed by atoms with Crippen LogP contribution in [-0.2, 0) is 34.0 Å². The summed E-state index contributed by atoms with van der Waals surface area (Å²) in [6.45, 7) is 2.77. The highest BCUT2D eigenvalue weighted by Crippen LogP contribution is 2.35. The van der Waals surface area contributed by atoms with Crippen LogP contribution in [0.1, 0.15) is 34.6 Å². The van der Waals surface area contributed by atoms with Gasteiger partial charge in [-0.2, -0.15) is 0 Å². The zero-order valence-electron chi connectivity index (χ0n) is 24.9. The van der Waals surface area contributed by atoms with E-state index in [1.165, 1.54) is 4.90 Å². The number of carbonyl (C=O) groups is 1. The molecule has 45 heavy (non-hydrogen) atoms. The molecule has 0 radical (unpaired) electrons. The number of hydrogen-bond donors (Lipinski definition) is 1. The van der Waals surface area contributed by atoms with E-state index in [9.17, 15) is 9.90 Å². The molecule has 0 bridgehead atoms. The smallest absolute Gasteiger partial charge is 0.407 e. The maximum Gasteiger partial charge on any atom is 0.407 e. The van der Waals surface area contributed by atoms with Crippen molar-refractivity contribution < 1.29 is 28.8 Å². The Morgan fingerprint density at radius 2 is 1.22 bits per heavy atom. The number of likely N-dealkylation sites (tertiary alicyclic amines) is 1. The Labute approximate surface area is 274 Å². The zero-order valence-corrected chi connectivity index (χ0v) is 26.4. The number of piperidine rings is 1. The third kappa shape index (κ3) is 9.95. The molecular formula is C36H37Cl2NO6. The van der Waals surface area contributed by atoms with Crippen LogP contribution in [0, 0.1) is 0 Å². The van der Waals surface area contributed by atoms with Gasteiger partial charge in [-0.15, -0.1) is 0 Å². The molecule has 1 saturated heterocycles. The van der Waals surface area contributed by atoms with Crippen LogP contribution in [-0.4, -0.2) is 54.6 Å². The molecule has 1 amide bonds. The van der Waals surface area contributed by atoms with Crippen LogP contribution < -0.4 is 4.74 Å². The first-order valence-electron chi connectivity index (χ1n) is 15.0. The van der Waals surface area contributed by atoms with E-state index < -0.39 is 18.3 Å². The van der Waals surface area contributed by atoms with E-state index in [0.29, 0.717) is 43.1 Å². The maximum atomic E-state index is 12.2. The van der Waals surface area contributed by atoms with E-state index in [1.54, 1.807) is 0 Å². The molecule has 9 heteroatoms. The average Bonchev–Trinajstić information content (AvgIpc) is 3.06. The summed E-state index contributed by atoms with van der Waals surface area (Å²) in [7, 11) is 0. The predicted molar refractivity (Wildman–Crippen MR) is 175 cm³/mol. The van der Waals surface area contributed by atoms with Crippen LogP contribution in [0.2, 0.25) is 10.0 Å². The average molecular weight is 651 g/mol. The monoisotopic (exact) mass is 649 g/mol. The van der Waals surface area contributed by atoms with Crippen LogP contribution >= 0.6 is 23.2 Å². The number of carboxylic acid groups (broad SMARTS) is 1. The molecule has 1 aliphatic heterocycles. The molecule has 1 heterocycles. The normalized spacial score (nSPS) is 18.1. The van der Waals surface area contributed by atoms with Crippen LogP contribution in [0.15, 0.2) is 103 Å². The molecule has 1 aliphatic rings. The molecule has 0 aliphatic carbocycles. The highest BCUT2D eigenvalue weighted by Gasteiger charge is 2.41. The third-order valence-electron chi connectivity index (χ3n) is 7.71. The number of benzene rings is 4. The first kappa shape index (κ1) is 32.8. The van der Waals surface area contributed by atoms with Crippen molar-refractivity contribution in [3.05, 3.63) is 135 Å². The number of nitrogens with zero attached hydrogens (tertiary/aromatic N) is 1.